The van der Waals surface area contributed by atoms with Crippen LogP contribution in [0.5, 0.6) is 0 Å². The van der Waals surface area contributed by atoms with Gasteiger partial charge in [0.05, 0.1) is 20.3 Å². The number of aromatic amines is 1. The predicted octanol–water partition coefficient (Wildman–Crippen LogP) is 4.87. The summed E-state index contributed by atoms with van der Waals surface area (Å²) in [5, 5.41) is 11.1. The third-order valence-electron chi connectivity index (χ3n) is 5.06. The summed E-state index contributed by atoms with van der Waals surface area (Å²) in [5.74, 6) is 0.697. The van der Waals surface area contributed by atoms with Gasteiger partial charge in [0, 0.05) is 17.5 Å². The fourth-order valence-corrected chi connectivity index (χ4v) is 7.07. The van der Waals surface area contributed by atoms with E-state index in [4.69, 9.17) is 0 Å². The zero-order chi connectivity index (χ0) is 17.4. The number of thioether (sulfide) groups is 1. The minimum absolute atomic E-state index is 0.120. The van der Waals surface area contributed by atoms with Gasteiger partial charge in [0.2, 0.25) is 0 Å². The Balaban J connectivity index is 1.71. The lowest BCUT2D eigenvalue weighted by molar-refractivity contribution is 0.0918. The van der Waals surface area contributed by atoms with Gasteiger partial charge in [0.15, 0.2) is 0 Å². The topological polar surface area (TPSA) is 57.8 Å². The van der Waals surface area contributed by atoms with E-state index in [1.54, 1.807) is 17.5 Å². The molecule has 1 aliphatic carbocycles. The van der Waals surface area contributed by atoms with Crippen molar-refractivity contribution in [1.82, 2.24) is 15.5 Å². The van der Waals surface area contributed by atoms with E-state index >= 15 is 0 Å². The van der Waals surface area contributed by atoms with E-state index in [-0.39, 0.29) is 11.9 Å². The SMILES string of the molecule is CC(C)CC1Cc2c(-c3ccn[nH]3)sc(SC3CCCC3)c2C(=O)N1. The third-order valence-corrected chi connectivity index (χ3v) is 7.89. The van der Waals surface area contributed by atoms with E-state index in [0.717, 1.165) is 24.1 Å². The van der Waals surface area contributed by atoms with Crippen LogP contribution < -0.4 is 5.32 Å². The van der Waals surface area contributed by atoms with Crippen LogP contribution in [-0.4, -0.2) is 27.4 Å². The predicted molar refractivity (Wildman–Crippen MR) is 104 cm³/mol. The van der Waals surface area contributed by atoms with Gasteiger partial charge in [-0.2, -0.15) is 5.10 Å². The van der Waals surface area contributed by atoms with Crippen molar-refractivity contribution in [3.63, 3.8) is 0 Å². The maximum atomic E-state index is 12.9. The number of hydrogen-bond acceptors (Lipinski definition) is 4. The van der Waals surface area contributed by atoms with Crippen molar-refractivity contribution >= 4 is 29.0 Å². The number of H-pyrrole nitrogens is 1. The lowest BCUT2D eigenvalue weighted by Gasteiger charge is -2.26. The molecule has 1 aliphatic heterocycles. The molecule has 1 saturated carbocycles. The normalized spacial score (nSPS) is 20.9. The average Bonchev–Trinajstić information content (AvgIpc) is 3.27. The summed E-state index contributed by atoms with van der Waals surface area (Å²) in [6.07, 6.45) is 8.93. The maximum Gasteiger partial charge on any atom is 0.253 e. The number of nitrogens with zero attached hydrogens (tertiary/aromatic N) is 1. The van der Waals surface area contributed by atoms with E-state index in [0.29, 0.717) is 11.2 Å². The van der Waals surface area contributed by atoms with Crippen molar-refractivity contribution in [1.29, 1.82) is 0 Å². The molecule has 4 nitrogen and oxygen atoms in total. The number of carbonyl (C=O) groups is 1. The second kappa shape index (κ2) is 7.16. The van der Waals surface area contributed by atoms with E-state index < -0.39 is 0 Å². The van der Waals surface area contributed by atoms with E-state index in [1.807, 2.05) is 17.8 Å². The van der Waals surface area contributed by atoms with E-state index in [1.165, 1.54) is 40.3 Å². The molecule has 2 aromatic rings. The van der Waals surface area contributed by atoms with E-state index in [2.05, 4.69) is 29.4 Å². The first-order valence-electron chi connectivity index (χ1n) is 9.24. The number of aromatic nitrogens is 2. The summed E-state index contributed by atoms with van der Waals surface area (Å²) >= 11 is 3.70. The molecule has 0 saturated heterocycles. The molecule has 0 radical (unpaired) electrons. The van der Waals surface area contributed by atoms with Crippen molar-refractivity contribution in [2.24, 2.45) is 5.92 Å². The molecule has 2 N–H and O–H groups in total. The highest BCUT2D eigenvalue weighted by Gasteiger charge is 2.33. The number of carbonyl (C=O) groups excluding carboxylic acids is 1. The smallest absolute Gasteiger partial charge is 0.253 e. The molecule has 25 heavy (non-hydrogen) atoms. The van der Waals surface area contributed by atoms with Gasteiger partial charge in [-0.1, -0.05) is 26.7 Å². The summed E-state index contributed by atoms with van der Waals surface area (Å²) in [4.78, 5) is 14.1. The first-order valence-corrected chi connectivity index (χ1v) is 10.9. The van der Waals surface area contributed by atoms with Gasteiger partial charge in [-0.3, -0.25) is 9.89 Å². The molecule has 2 aliphatic rings. The Morgan fingerprint density at radius 2 is 2.16 bits per heavy atom. The zero-order valence-corrected chi connectivity index (χ0v) is 16.4. The maximum absolute atomic E-state index is 12.9. The Morgan fingerprint density at radius 3 is 2.84 bits per heavy atom. The van der Waals surface area contributed by atoms with Gasteiger partial charge in [-0.25, -0.2) is 0 Å². The number of hydrogen-bond donors (Lipinski definition) is 2. The monoisotopic (exact) mass is 375 g/mol. The van der Waals surface area contributed by atoms with Gasteiger partial charge in [-0.15, -0.1) is 23.1 Å². The fraction of sp³-hybridized carbons (Fsp3) is 0.579. The zero-order valence-electron chi connectivity index (χ0n) is 14.8. The van der Waals surface area contributed by atoms with Gasteiger partial charge < -0.3 is 5.32 Å². The molecule has 1 unspecified atom stereocenters. The molecule has 134 valence electrons. The van der Waals surface area contributed by atoms with Gasteiger partial charge >= 0.3 is 0 Å². The van der Waals surface area contributed by atoms with Crippen molar-refractivity contribution < 1.29 is 4.79 Å². The highest BCUT2D eigenvalue weighted by molar-refractivity contribution is 8.01. The molecule has 3 heterocycles. The molecular formula is C19H25N3OS2. The highest BCUT2D eigenvalue weighted by atomic mass is 32.2. The lowest BCUT2D eigenvalue weighted by atomic mass is 9.91. The van der Waals surface area contributed by atoms with Crippen LogP contribution in [0.3, 0.4) is 0 Å². The summed E-state index contributed by atoms with van der Waals surface area (Å²) in [7, 11) is 0. The van der Waals surface area contributed by atoms with Gasteiger partial charge in [-0.05, 0) is 43.2 Å². The Hall–Kier alpha value is -1.27. The van der Waals surface area contributed by atoms with Gasteiger partial charge in [0.25, 0.3) is 5.91 Å². The third kappa shape index (κ3) is 3.51. The number of thiophene rings is 1. The summed E-state index contributed by atoms with van der Waals surface area (Å²) in [6.45, 7) is 4.43. The Kier molecular flexibility index (Phi) is 4.91. The molecule has 0 aromatic carbocycles. The minimum atomic E-state index is 0.120. The number of fused-ring (bicyclic) bond motifs is 1. The molecule has 1 fully saturated rings. The Morgan fingerprint density at radius 1 is 1.36 bits per heavy atom. The number of nitrogens with one attached hydrogen (secondary N) is 2. The molecule has 2 aromatic heterocycles. The molecule has 0 spiro atoms. The molecule has 6 heteroatoms. The second-order valence-corrected chi connectivity index (χ2v) is 10.2. The van der Waals surface area contributed by atoms with Crippen LogP contribution in [0.25, 0.3) is 10.6 Å². The van der Waals surface area contributed by atoms with Crippen LogP contribution in [0.2, 0.25) is 0 Å². The Bertz CT molecular complexity index is 745. The highest BCUT2D eigenvalue weighted by Crippen LogP contribution is 2.47. The van der Waals surface area contributed by atoms with Crippen LogP contribution in [0.4, 0.5) is 0 Å². The number of amides is 1. The molecule has 1 amide bonds. The molecule has 4 rings (SSSR count). The standard InChI is InChI=1S/C19H25N3OS2/c1-11(2)9-12-10-14-16(18(23)21-12)19(24-13-5-3-4-6-13)25-17(14)15-7-8-20-22-15/h7-8,11-13H,3-6,9-10H2,1-2H3,(H,20,22)(H,21,23). The molecule has 1 atom stereocenters. The van der Waals surface area contributed by atoms with Crippen molar-refractivity contribution in [2.75, 3.05) is 0 Å². The van der Waals surface area contributed by atoms with Crippen molar-refractivity contribution in [2.45, 2.75) is 67.9 Å². The van der Waals surface area contributed by atoms with Crippen LogP contribution in [0, 0.1) is 5.92 Å². The van der Waals surface area contributed by atoms with Crippen molar-refractivity contribution in [3.8, 4) is 10.6 Å². The average molecular weight is 376 g/mol. The van der Waals surface area contributed by atoms with Crippen LogP contribution >= 0.6 is 23.1 Å². The van der Waals surface area contributed by atoms with Crippen molar-refractivity contribution in [3.05, 3.63) is 23.4 Å². The second-order valence-electron chi connectivity index (χ2n) is 7.57. The lowest BCUT2D eigenvalue weighted by Crippen LogP contribution is -2.42. The fourth-order valence-electron chi connectivity index (χ4n) is 3.97. The summed E-state index contributed by atoms with van der Waals surface area (Å²) in [5.41, 5.74) is 3.20. The molecular weight excluding hydrogens is 350 g/mol. The van der Waals surface area contributed by atoms with Crippen LogP contribution in [0.1, 0.15) is 61.9 Å². The summed E-state index contributed by atoms with van der Waals surface area (Å²) in [6, 6.07) is 2.25. The molecule has 0 bridgehead atoms. The minimum Gasteiger partial charge on any atom is -0.349 e. The summed E-state index contributed by atoms with van der Waals surface area (Å²) < 4.78 is 1.20. The first-order chi connectivity index (χ1) is 12.1. The largest absolute Gasteiger partial charge is 0.349 e. The van der Waals surface area contributed by atoms with Crippen LogP contribution in [0.15, 0.2) is 16.5 Å². The quantitative estimate of drug-likeness (QED) is 0.783. The number of rotatable bonds is 5. The first kappa shape index (κ1) is 17.2. The van der Waals surface area contributed by atoms with Crippen LogP contribution in [-0.2, 0) is 6.42 Å². The van der Waals surface area contributed by atoms with E-state index in [9.17, 15) is 4.79 Å². The Labute approximate surface area is 157 Å². The van der Waals surface area contributed by atoms with Gasteiger partial charge in [0.1, 0.15) is 0 Å².